The van der Waals surface area contributed by atoms with Crippen molar-refractivity contribution in [1.29, 1.82) is 0 Å². The van der Waals surface area contributed by atoms with E-state index in [-0.39, 0.29) is 11.7 Å². The van der Waals surface area contributed by atoms with E-state index in [1.807, 2.05) is 59.5 Å². The number of benzene rings is 2. The van der Waals surface area contributed by atoms with E-state index in [1.165, 1.54) is 4.88 Å². The van der Waals surface area contributed by atoms with Crippen molar-refractivity contribution < 1.29 is 14.7 Å². The van der Waals surface area contributed by atoms with Crippen molar-refractivity contribution in [2.75, 3.05) is 36.8 Å². The van der Waals surface area contributed by atoms with Crippen LogP contribution in [0.15, 0.2) is 65.8 Å². The molecule has 184 valence electrons. The third-order valence-electron chi connectivity index (χ3n) is 6.16. The molecule has 0 unspecified atom stereocenters. The number of rotatable bonds is 7. The predicted octanol–water partition coefficient (Wildman–Crippen LogP) is 5.06. The fourth-order valence-corrected chi connectivity index (χ4v) is 5.89. The summed E-state index contributed by atoms with van der Waals surface area (Å²) >= 11 is 2.76. The number of carbonyl (C=O) groups excluding carboxylic acids is 1. The van der Waals surface area contributed by atoms with Gasteiger partial charge < -0.3 is 14.9 Å². The Morgan fingerprint density at radius 1 is 0.972 bits per heavy atom. The maximum atomic E-state index is 13.3. The highest BCUT2D eigenvalue weighted by atomic mass is 32.2. The smallest absolute Gasteiger partial charge is 0.313 e. The summed E-state index contributed by atoms with van der Waals surface area (Å²) in [7, 11) is 0. The highest BCUT2D eigenvalue weighted by Crippen LogP contribution is 2.34. The van der Waals surface area contributed by atoms with Crippen LogP contribution in [-0.4, -0.2) is 63.8 Å². The molecule has 0 radical (unpaired) electrons. The number of amides is 1. The lowest BCUT2D eigenvalue weighted by atomic mass is 10.0. The zero-order chi connectivity index (χ0) is 25.1. The number of carboxylic acid groups (broad SMARTS) is 1. The molecule has 0 bridgehead atoms. The Bertz CT molecular complexity index is 1400. The SMILES string of the molecule is CCc1cc2c(N3CCN(C(=O)c4cccc(-c5ccccc5)c4)CC3)nc(SCC(=O)O)nc2s1. The number of aryl methyl sites for hydroxylation is 1. The summed E-state index contributed by atoms with van der Waals surface area (Å²) in [6.07, 6.45) is 0.905. The van der Waals surface area contributed by atoms with Crippen molar-refractivity contribution in [3.8, 4) is 11.1 Å². The summed E-state index contributed by atoms with van der Waals surface area (Å²) < 4.78 is 0. The molecule has 9 heteroatoms. The Morgan fingerprint density at radius 3 is 2.44 bits per heavy atom. The molecule has 0 atom stereocenters. The van der Waals surface area contributed by atoms with Crippen LogP contribution in [-0.2, 0) is 11.2 Å². The molecule has 0 aliphatic carbocycles. The lowest BCUT2D eigenvalue weighted by Crippen LogP contribution is -2.49. The van der Waals surface area contributed by atoms with Gasteiger partial charge in [-0.25, -0.2) is 9.97 Å². The van der Waals surface area contributed by atoms with Gasteiger partial charge in [0.25, 0.3) is 5.91 Å². The number of piperazine rings is 1. The maximum Gasteiger partial charge on any atom is 0.313 e. The Morgan fingerprint density at radius 2 is 1.72 bits per heavy atom. The van der Waals surface area contributed by atoms with Gasteiger partial charge in [0.1, 0.15) is 10.6 Å². The van der Waals surface area contributed by atoms with Gasteiger partial charge in [0.15, 0.2) is 5.16 Å². The first-order valence-corrected chi connectivity index (χ1v) is 13.7. The highest BCUT2D eigenvalue weighted by Gasteiger charge is 2.25. The number of carbonyl (C=O) groups is 2. The summed E-state index contributed by atoms with van der Waals surface area (Å²) in [5.74, 6) is -0.126. The Labute approximate surface area is 217 Å². The third-order valence-corrected chi connectivity index (χ3v) is 8.16. The van der Waals surface area contributed by atoms with Crippen molar-refractivity contribution >= 4 is 51.0 Å². The molecule has 1 aliphatic rings. The van der Waals surface area contributed by atoms with Crippen LogP contribution in [0, 0.1) is 0 Å². The van der Waals surface area contributed by atoms with E-state index in [0.717, 1.165) is 45.3 Å². The number of thioether (sulfide) groups is 1. The minimum Gasteiger partial charge on any atom is -0.481 e. The van der Waals surface area contributed by atoms with Gasteiger partial charge in [-0.3, -0.25) is 9.59 Å². The molecule has 1 fully saturated rings. The molecular weight excluding hydrogens is 492 g/mol. The van der Waals surface area contributed by atoms with E-state index in [2.05, 4.69) is 22.9 Å². The highest BCUT2D eigenvalue weighted by molar-refractivity contribution is 7.99. The van der Waals surface area contributed by atoms with Gasteiger partial charge in [0.2, 0.25) is 0 Å². The van der Waals surface area contributed by atoms with Crippen molar-refractivity contribution in [2.45, 2.75) is 18.5 Å². The summed E-state index contributed by atoms with van der Waals surface area (Å²) in [5.41, 5.74) is 2.80. The molecule has 36 heavy (non-hydrogen) atoms. The second-order valence-electron chi connectivity index (χ2n) is 8.52. The van der Waals surface area contributed by atoms with Crippen LogP contribution in [0.5, 0.6) is 0 Å². The molecule has 0 spiro atoms. The largest absolute Gasteiger partial charge is 0.481 e. The first-order valence-electron chi connectivity index (χ1n) is 11.9. The van der Waals surface area contributed by atoms with E-state index in [4.69, 9.17) is 10.1 Å². The number of nitrogens with zero attached hydrogens (tertiary/aromatic N) is 4. The first kappa shape index (κ1) is 24.3. The van der Waals surface area contributed by atoms with Gasteiger partial charge in [-0.1, -0.05) is 61.2 Å². The summed E-state index contributed by atoms with van der Waals surface area (Å²) in [6.45, 7) is 4.58. The minimum atomic E-state index is -0.894. The van der Waals surface area contributed by atoms with Gasteiger partial charge in [0.05, 0.1) is 11.1 Å². The number of thiophene rings is 1. The molecule has 1 amide bonds. The average molecular weight is 519 g/mol. The lowest BCUT2D eigenvalue weighted by Gasteiger charge is -2.35. The predicted molar refractivity (Wildman–Crippen MR) is 145 cm³/mol. The monoisotopic (exact) mass is 518 g/mol. The van der Waals surface area contributed by atoms with Crippen molar-refractivity contribution in [2.24, 2.45) is 0 Å². The van der Waals surface area contributed by atoms with Crippen molar-refractivity contribution in [3.05, 3.63) is 71.1 Å². The average Bonchev–Trinajstić information content (AvgIpc) is 3.35. The summed E-state index contributed by atoms with van der Waals surface area (Å²) in [6, 6.07) is 20.0. The molecule has 5 rings (SSSR count). The Kier molecular flexibility index (Phi) is 7.20. The molecule has 4 aromatic rings. The van der Waals surface area contributed by atoms with Crippen LogP contribution in [0.4, 0.5) is 5.82 Å². The van der Waals surface area contributed by atoms with E-state index in [1.54, 1.807) is 11.3 Å². The van der Waals surface area contributed by atoms with Gasteiger partial charge in [0, 0.05) is 36.6 Å². The number of carboxylic acids is 1. The summed E-state index contributed by atoms with van der Waals surface area (Å²) in [5, 5.41) is 10.5. The van der Waals surface area contributed by atoms with Crippen LogP contribution in [0.25, 0.3) is 21.3 Å². The van der Waals surface area contributed by atoms with E-state index >= 15 is 0 Å². The second kappa shape index (κ2) is 10.7. The molecular formula is C27H26N4O3S2. The van der Waals surface area contributed by atoms with Crippen LogP contribution in [0.1, 0.15) is 22.2 Å². The van der Waals surface area contributed by atoms with Gasteiger partial charge in [-0.15, -0.1) is 11.3 Å². The molecule has 2 aromatic carbocycles. The Hall–Kier alpha value is -3.43. The lowest BCUT2D eigenvalue weighted by molar-refractivity contribution is -0.133. The zero-order valence-electron chi connectivity index (χ0n) is 19.9. The zero-order valence-corrected chi connectivity index (χ0v) is 21.5. The third kappa shape index (κ3) is 5.22. The fourth-order valence-electron chi connectivity index (χ4n) is 4.31. The van der Waals surface area contributed by atoms with E-state index < -0.39 is 5.97 Å². The number of aromatic nitrogens is 2. The van der Waals surface area contributed by atoms with Gasteiger partial charge in [-0.05, 0) is 35.7 Å². The fraction of sp³-hybridized carbons (Fsp3) is 0.259. The number of fused-ring (bicyclic) bond motifs is 1. The van der Waals surface area contributed by atoms with Crippen molar-refractivity contribution in [3.63, 3.8) is 0 Å². The molecule has 1 aliphatic heterocycles. The number of anilines is 1. The summed E-state index contributed by atoms with van der Waals surface area (Å²) in [4.78, 5) is 39.9. The van der Waals surface area contributed by atoms with E-state index in [0.29, 0.717) is 36.9 Å². The number of hydrogen-bond donors (Lipinski definition) is 1. The molecule has 1 N–H and O–H groups in total. The Balaban J connectivity index is 1.34. The molecule has 7 nitrogen and oxygen atoms in total. The molecule has 2 aromatic heterocycles. The first-order chi connectivity index (χ1) is 17.5. The molecule has 0 saturated carbocycles. The molecule has 1 saturated heterocycles. The van der Waals surface area contributed by atoms with Crippen LogP contribution < -0.4 is 4.90 Å². The number of aliphatic carboxylic acids is 1. The van der Waals surface area contributed by atoms with E-state index in [9.17, 15) is 9.59 Å². The van der Waals surface area contributed by atoms with Gasteiger partial charge in [-0.2, -0.15) is 0 Å². The topological polar surface area (TPSA) is 86.6 Å². The minimum absolute atomic E-state index is 0.0294. The van der Waals surface area contributed by atoms with Crippen LogP contribution in [0.3, 0.4) is 0 Å². The van der Waals surface area contributed by atoms with Gasteiger partial charge >= 0.3 is 5.97 Å². The standard InChI is InChI=1S/C27H26N4O3S2/c1-2-21-16-22-24(28-27(29-25(22)36-21)35-17-23(32)33)30-11-13-31(14-12-30)26(34)20-10-6-9-19(15-20)18-7-4-3-5-8-18/h3-10,15-16H,2,11-14,17H2,1H3,(H,32,33). The van der Waals surface area contributed by atoms with Crippen LogP contribution in [0.2, 0.25) is 0 Å². The second-order valence-corrected chi connectivity index (χ2v) is 10.6. The van der Waals surface area contributed by atoms with Crippen LogP contribution >= 0.6 is 23.1 Å². The normalized spacial score (nSPS) is 13.8. The maximum absolute atomic E-state index is 13.3. The van der Waals surface area contributed by atoms with Crippen molar-refractivity contribution in [1.82, 2.24) is 14.9 Å². The molecule has 3 heterocycles. The quantitative estimate of drug-likeness (QED) is 0.270. The number of hydrogen-bond acceptors (Lipinski definition) is 7.